The molecule has 0 saturated carbocycles. The second kappa shape index (κ2) is 6.61. The summed E-state index contributed by atoms with van der Waals surface area (Å²) in [4.78, 5) is 17.2. The monoisotopic (exact) mass is 286 g/mol. The summed E-state index contributed by atoms with van der Waals surface area (Å²) in [6.07, 6.45) is 5.95. The van der Waals surface area contributed by atoms with Gasteiger partial charge in [0.15, 0.2) is 0 Å². The van der Waals surface area contributed by atoms with Crippen LogP contribution in [0.1, 0.15) is 43.7 Å². The van der Waals surface area contributed by atoms with E-state index in [4.69, 9.17) is 0 Å². The number of nitrogens with zero attached hydrogens (tertiary/aromatic N) is 2. The lowest BCUT2D eigenvalue weighted by molar-refractivity contribution is -0.136. The van der Waals surface area contributed by atoms with Crippen LogP contribution in [0.3, 0.4) is 0 Å². The number of carbonyl (C=O) groups excluding carboxylic acids is 1. The third-order valence-corrected chi connectivity index (χ3v) is 4.98. The van der Waals surface area contributed by atoms with E-state index in [0.717, 1.165) is 32.6 Å². The van der Waals surface area contributed by atoms with E-state index in [2.05, 4.69) is 41.0 Å². The van der Waals surface area contributed by atoms with E-state index >= 15 is 0 Å². The molecule has 3 nitrogen and oxygen atoms in total. The lowest BCUT2D eigenvalue weighted by Gasteiger charge is -2.35. The molecular formula is C18H26N2O. The number of rotatable bonds is 2. The minimum atomic E-state index is 0.0106. The summed E-state index contributed by atoms with van der Waals surface area (Å²) in [7, 11) is 0. The molecule has 2 aliphatic rings. The Hall–Kier alpha value is -1.35. The van der Waals surface area contributed by atoms with Gasteiger partial charge >= 0.3 is 0 Å². The molecule has 3 heteroatoms. The number of carbonyl (C=O) groups is 1. The zero-order valence-corrected chi connectivity index (χ0v) is 13.1. The SMILES string of the molecule is CC(C(=O)N1CCCCCC1)N1CCc2ccccc2C1. The molecule has 2 aliphatic heterocycles. The van der Waals surface area contributed by atoms with Gasteiger partial charge in [0.2, 0.25) is 5.91 Å². The highest BCUT2D eigenvalue weighted by Crippen LogP contribution is 2.21. The first-order valence-electron chi connectivity index (χ1n) is 8.35. The van der Waals surface area contributed by atoms with Gasteiger partial charge < -0.3 is 4.90 Å². The molecule has 2 heterocycles. The Morgan fingerprint density at radius 3 is 2.38 bits per heavy atom. The minimum Gasteiger partial charge on any atom is -0.341 e. The van der Waals surface area contributed by atoms with Crippen molar-refractivity contribution in [3.05, 3.63) is 35.4 Å². The molecule has 1 unspecified atom stereocenters. The van der Waals surface area contributed by atoms with Gasteiger partial charge in [0.25, 0.3) is 0 Å². The van der Waals surface area contributed by atoms with Gasteiger partial charge in [-0.05, 0) is 37.3 Å². The van der Waals surface area contributed by atoms with E-state index in [1.54, 1.807) is 0 Å². The first-order chi connectivity index (χ1) is 10.3. The van der Waals surface area contributed by atoms with Crippen molar-refractivity contribution in [1.29, 1.82) is 0 Å². The van der Waals surface area contributed by atoms with E-state index < -0.39 is 0 Å². The molecular weight excluding hydrogens is 260 g/mol. The van der Waals surface area contributed by atoms with Crippen molar-refractivity contribution in [2.75, 3.05) is 19.6 Å². The van der Waals surface area contributed by atoms with Gasteiger partial charge in [-0.3, -0.25) is 9.69 Å². The Bertz CT molecular complexity index is 492. The molecule has 1 aromatic carbocycles. The van der Waals surface area contributed by atoms with Gasteiger partial charge in [0.1, 0.15) is 0 Å². The smallest absolute Gasteiger partial charge is 0.239 e. The van der Waals surface area contributed by atoms with Crippen LogP contribution in [0.5, 0.6) is 0 Å². The molecule has 21 heavy (non-hydrogen) atoms. The fourth-order valence-corrected chi connectivity index (χ4v) is 3.56. The van der Waals surface area contributed by atoms with E-state index in [0.29, 0.717) is 5.91 Å². The first kappa shape index (κ1) is 14.6. The highest BCUT2D eigenvalue weighted by atomic mass is 16.2. The maximum absolute atomic E-state index is 12.7. The number of amides is 1. The van der Waals surface area contributed by atoms with Crippen LogP contribution in [0.4, 0.5) is 0 Å². The second-order valence-corrected chi connectivity index (χ2v) is 6.40. The largest absolute Gasteiger partial charge is 0.341 e. The van der Waals surface area contributed by atoms with Crippen LogP contribution in [-0.4, -0.2) is 41.4 Å². The van der Waals surface area contributed by atoms with Crippen LogP contribution in [0.25, 0.3) is 0 Å². The molecule has 1 fully saturated rings. The van der Waals surface area contributed by atoms with E-state index in [1.807, 2.05) is 0 Å². The maximum atomic E-state index is 12.7. The van der Waals surface area contributed by atoms with Crippen molar-refractivity contribution in [3.8, 4) is 0 Å². The summed E-state index contributed by atoms with van der Waals surface area (Å²) in [5, 5.41) is 0. The van der Waals surface area contributed by atoms with Crippen molar-refractivity contribution in [1.82, 2.24) is 9.80 Å². The van der Waals surface area contributed by atoms with Gasteiger partial charge in [0, 0.05) is 26.2 Å². The van der Waals surface area contributed by atoms with Gasteiger partial charge in [0.05, 0.1) is 6.04 Å². The summed E-state index contributed by atoms with van der Waals surface area (Å²) in [5.41, 5.74) is 2.84. The molecule has 0 N–H and O–H groups in total. The number of likely N-dealkylation sites (tertiary alicyclic amines) is 1. The lowest BCUT2D eigenvalue weighted by atomic mass is 9.98. The van der Waals surface area contributed by atoms with Crippen molar-refractivity contribution < 1.29 is 4.79 Å². The molecule has 1 atom stereocenters. The summed E-state index contributed by atoms with van der Waals surface area (Å²) in [6, 6.07) is 8.64. The Labute approximate surface area is 127 Å². The van der Waals surface area contributed by atoms with Crippen molar-refractivity contribution in [2.45, 2.75) is 51.6 Å². The normalized spacial score (nSPS) is 21.5. The van der Waals surface area contributed by atoms with E-state index in [1.165, 1.54) is 36.8 Å². The van der Waals surface area contributed by atoms with E-state index in [9.17, 15) is 4.79 Å². The number of fused-ring (bicyclic) bond motifs is 1. The third kappa shape index (κ3) is 3.29. The first-order valence-corrected chi connectivity index (χ1v) is 8.35. The number of hydrogen-bond acceptors (Lipinski definition) is 2. The van der Waals surface area contributed by atoms with Crippen LogP contribution in [0, 0.1) is 0 Å². The van der Waals surface area contributed by atoms with Crippen LogP contribution in [0.2, 0.25) is 0 Å². The number of hydrogen-bond donors (Lipinski definition) is 0. The summed E-state index contributed by atoms with van der Waals surface area (Å²) < 4.78 is 0. The Morgan fingerprint density at radius 2 is 1.67 bits per heavy atom. The Kier molecular flexibility index (Phi) is 4.59. The molecule has 114 valence electrons. The van der Waals surface area contributed by atoms with Gasteiger partial charge in [-0.15, -0.1) is 0 Å². The predicted octanol–water partition coefficient (Wildman–Crippen LogP) is 2.84. The summed E-state index contributed by atoms with van der Waals surface area (Å²) in [5.74, 6) is 0.330. The molecule has 0 bridgehead atoms. The average Bonchev–Trinajstić information content (AvgIpc) is 2.82. The van der Waals surface area contributed by atoms with Crippen LogP contribution < -0.4 is 0 Å². The third-order valence-electron chi connectivity index (χ3n) is 4.98. The van der Waals surface area contributed by atoms with Gasteiger partial charge in [-0.25, -0.2) is 0 Å². The zero-order chi connectivity index (χ0) is 14.7. The molecule has 0 aliphatic carbocycles. The molecule has 0 spiro atoms. The standard InChI is InChI=1S/C18H26N2O/c1-15(18(21)19-11-6-2-3-7-12-19)20-13-10-16-8-4-5-9-17(16)14-20/h4-5,8-9,15H,2-3,6-7,10-14H2,1H3. The fourth-order valence-electron chi connectivity index (χ4n) is 3.56. The highest BCUT2D eigenvalue weighted by Gasteiger charge is 2.28. The molecule has 0 aromatic heterocycles. The summed E-state index contributed by atoms with van der Waals surface area (Å²) in [6.45, 7) is 5.90. The minimum absolute atomic E-state index is 0.0106. The van der Waals surface area contributed by atoms with Gasteiger partial charge in [-0.1, -0.05) is 37.1 Å². The van der Waals surface area contributed by atoms with Crippen molar-refractivity contribution >= 4 is 5.91 Å². The fraction of sp³-hybridized carbons (Fsp3) is 0.611. The molecule has 1 amide bonds. The van der Waals surface area contributed by atoms with Crippen molar-refractivity contribution in [3.63, 3.8) is 0 Å². The van der Waals surface area contributed by atoms with E-state index in [-0.39, 0.29) is 6.04 Å². The average molecular weight is 286 g/mol. The molecule has 3 rings (SSSR count). The highest BCUT2D eigenvalue weighted by molar-refractivity contribution is 5.81. The van der Waals surface area contributed by atoms with Crippen LogP contribution in [0.15, 0.2) is 24.3 Å². The Morgan fingerprint density at radius 1 is 1.00 bits per heavy atom. The maximum Gasteiger partial charge on any atom is 0.239 e. The Balaban J connectivity index is 1.65. The predicted molar refractivity (Wildman–Crippen MR) is 85.1 cm³/mol. The molecule has 0 radical (unpaired) electrons. The van der Waals surface area contributed by atoms with Crippen LogP contribution >= 0.6 is 0 Å². The number of benzene rings is 1. The van der Waals surface area contributed by atoms with Crippen LogP contribution in [-0.2, 0) is 17.8 Å². The topological polar surface area (TPSA) is 23.6 Å². The molecule has 1 saturated heterocycles. The van der Waals surface area contributed by atoms with Gasteiger partial charge in [-0.2, -0.15) is 0 Å². The zero-order valence-electron chi connectivity index (χ0n) is 13.1. The molecule has 1 aromatic rings. The summed E-state index contributed by atoms with van der Waals surface area (Å²) >= 11 is 0. The second-order valence-electron chi connectivity index (χ2n) is 6.40. The lowest BCUT2D eigenvalue weighted by Crippen LogP contribution is -2.48. The quantitative estimate of drug-likeness (QED) is 0.834. The van der Waals surface area contributed by atoms with Crippen molar-refractivity contribution in [2.24, 2.45) is 0 Å².